The third-order valence-corrected chi connectivity index (χ3v) is 11.3. The van der Waals surface area contributed by atoms with E-state index in [1.165, 1.54) is 23.9 Å². The number of amides is 4. The number of β-lactam (4-membered cyclic amide) rings is 1. The Hall–Kier alpha value is -5.75. The number of oxime groups is 1. The van der Waals surface area contributed by atoms with Crippen LogP contribution < -0.4 is 20.9 Å². The number of allylic oxidation sites excluding steroid dienone is 1. The van der Waals surface area contributed by atoms with Crippen LogP contribution in [0.1, 0.15) is 43.4 Å². The number of hydrogen-bond acceptors (Lipinski definition) is 12. The molecule has 2 saturated heterocycles. The number of likely N-dealkylation sites (tertiary alicyclic amines) is 1. The van der Waals surface area contributed by atoms with Crippen LogP contribution in [0.25, 0.3) is 0 Å². The topological polar surface area (TPSA) is 221 Å². The fraction of sp³-hybridized carbons (Fsp3) is 0.333. The number of aromatic hydroxyl groups is 1. The Kier molecular flexibility index (Phi) is 10.6. The van der Waals surface area contributed by atoms with Gasteiger partial charge in [0.05, 0.1) is 6.54 Å². The van der Waals surface area contributed by atoms with Crippen LogP contribution >= 0.6 is 23.1 Å². The van der Waals surface area contributed by atoms with Crippen molar-refractivity contribution in [2.24, 2.45) is 5.16 Å². The molecule has 280 valence electrons. The zero-order chi connectivity index (χ0) is 37.9. The van der Waals surface area contributed by atoms with E-state index in [1.807, 2.05) is 6.07 Å². The largest absolute Gasteiger partial charge is 0.508 e. The number of phenols is 1. The first-order valence-electron chi connectivity index (χ1n) is 17.3. The zero-order valence-corrected chi connectivity index (χ0v) is 30.5. The van der Waals surface area contributed by atoms with Crippen LogP contribution in [0.3, 0.4) is 0 Å². The van der Waals surface area contributed by atoms with E-state index < -0.39 is 29.2 Å². The van der Waals surface area contributed by atoms with Gasteiger partial charge in [-0.05, 0) is 62.0 Å². The summed E-state index contributed by atoms with van der Waals surface area (Å²) in [6.07, 6.45) is 8.96. The minimum Gasteiger partial charge on any atom is -0.508 e. The monoisotopic (exact) mass is 773 g/mol. The number of carboxylic acids is 1. The molecule has 4 amide bonds. The summed E-state index contributed by atoms with van der Waals surface area (Å²) in [6.45, 7) is 0.680. The molecule has 5 heterocycles. The standard InChI is InChI=1S/C36H36N8O8S2/c37-36-39-26(19-54-36)28(41-52-25-8-1-2-9-25)31(47)40-29-33(49)44-30(35(50)51)22(18-53-34(29)44)13-21-10-12-43(32(21)48)16-20-5-4-11-42(15-20)17-27(46)38-23-6-3-7-24(45)14-23/h3-7,11,13-15,19,25,29,34H,1-2,8-10,12,16-18H2,(H5-,37,38,39,40,45,46,47,50,51)/p+1/t29-,34-/m1/s1. The highest BCUT2D eigenvalue weighted by atomic mass is 32.2. The average molecular weight is 774 g/mol. The number of fused-ring (bicyclic) bond motifs is 1. The van der Waals surface area contributed by atoms with Crippen LogP contribution in [0.15, 0.2) is 82.2 Å². The number of nitrogens with two attached hydrogens (primary N) is 1. The van der Waals surface area contributed by atoms with Crippen LogP contribution in [0.5, 0.6) is 5.75 Å². The third-order valence-electron chi connectivity index (χ3n) is 9.37. The maximum absolute atomic E-state index is 13.5. The number of carboxylic acid groups (broad SMARTS) is 1. The molecule has 4 aliphatic rings. The lowest BCUT2D eigenvalue weighted by molar-refractivity contribution is -0.684. The fourth-order valence-corrected chi connectivity index (χ4v) is 8.64. The molecule has 0 unspecified atom stereocenters. The number of thiazole rings is 1. The molecule has 3 aromatic rings. The number of carbonyl (C=O) groups is 5. The first kappa shape index (κ1) is 36.6. The van der Waals surface area contributed by atoms with E-state index in [2.05, 4.69) is 20.8 Å². The van der Waals surface area contributed by atoms with Gasteiger partial charge >= 0.3 is 5.97 Å². The number of pyridine rings is 1. The van der Waals surface area contributed by atoms with Crippen molar-refractivity contribution in [1.29, 1.82) is 0 Å². The Balaban J connectivity index is 1.00. The van der Waals surface area contributed by atoms with Crippen LogP contribution in [0, 0.1) is 0 Å². The van der Waals surface area contributed by atoms with Crippen LogP contribution in [-0.4, -0.2) is 90.1 Å². The van der Waals surface area contributed by atoms with E-state index in [4.69, 9.17) is 10.6 Å². The summed E-state index contributed by atoms with van der Waals surface area (Å²) < 4.78 is 1.69. The molecule has 0 radical (unpaired) electrons. The van der Waals surface area contributed by atoms with Crippen LogP contribution in [-0.2, 0) is 41.9 Å². The van der Waals surface area contributed by atoms with Crippen molar-refractivity contribution in [2.75, 3.05) is 23.3 Å². The molecule has 3 aliphatic heterocycles. The second-order valence-corrected chi connectivity index (χ2v) is 15.2. The summed E-state index contributed by atoms with van der Waals surface area (Å²) in [4.78, 5) is 78.1. The Morgan fingerprint density at radius 1 is 1.17 bits per heavy atom. The summed E-state index contributed by atoms with van der Waals surface area (Å²) in [5.41, 5.74) is 7.66. The number of rotatable bonds is 12. The Morgan fingerprint density at radius 2 is 1.98 bits per heavy atom. The molecular formula is C36H37N8O8S2+. The number of aliphatic carboxylic acids is 1. The third kappa shape index (κ3) is 7.93. The number of anilines is 2. The average Bonchev–Trinajstić information content (AvgIpc) is 3.90. The van der Waals surface area contributed by atoms with Gasteiger partial charge in [-0.3, -0.25) is 24.1 Å². The maximum atomic E-state index is 13.5. The quantitative estimate of drug-likeness (QED) is 0.0590. The van der Waals surface area contributed by atoms with Gasteiger partial charge in [-0.1, -0.05) is 11.2 Å². The fourth-order valence-electron chi connectivity index (χ4n) is 6.79. The van der Waals surface area contributed by atoms with Crippen LogP contribution in [0.2, 0.25) is 0 Å². The highest BCUT2D eigenvalue weighted by molar-refractivity contribution is 8.00. The van der Waals surface area contributed by atoms with Gasteiger partial charge in [0.1, 0.15) is 34.7 Å². The molecule has 1 aliphatic carbocycles. The number of hydrogen-bond donors (Lipinski definition) is 5. The van der Waals surface area contributed by atoms with Gasteiger partial charge < -0.3 is 36.3 Å². The Labute approximate surface area is 317 Å². The molecule has 16 nitrogen and oxygen atoms in total. The number of nitrogens with zero attached hydrogens (tertiary/aromatic N) is 5. The molecule has 7 rings (SSSR count). The highest BCUT2D eigenvalue weighted by Crippen LogP contribution is 2.41. The Morgan fingerprint density at radius 3 is 2.72 bits per heavy atom. The van der Waals surface area contributed by atoms with Gasteiger partial charge in [-0.15, -0.1) is 23.1 Å². The van der Waals surface area contributed by atoms with Gasteiger partial charge in [0.2, 0.25) is 12.5 Å². The second kappa shape index (κ2) is 15.7. The number of aromatic nitrogens is 2. The number of carbonyl (C=O) groups excluding carboxylic acids is 4. The molecule has 2 aromatic heterocycles. The van der Waals surface area contributed by atoms with Crippen molar-refractivity contribution in [3.63, 3.8) is 0 Å². The summed E-state index contributed by atoms with van der Waals surface area (Å²) in [5.74, 6) is -2.93. The van der Waals surface area contributed by atoms with E-state index in [9.17, 15) is 34.2 Å². The van der Waals surface area contributed by atoms with Crippen molar-refractivity contribution in [3.8, 4) is 5.75 Å². The SMILES string of the molecule is Nc1nc(C(=NOC2CCCC2)C(=O)N[C@@H]2C(=O)N3C(C(=O)O)=C(C=C4CCN(Cc5ccc[n+](CC(=O)Nc6cccc(O)c6)c5)C4=O)CS[C@H]23)cs1. The normalized spacial score (nSPS) is 21.0. The van der Waals surface area contributed by atoms with E-state index in [0.29, 0.717) is 29.8 Å². The van der Waals surface area contributed by atoms with Gasteiger partial charge in [-0.25, -0.2) is 9.78 Å². The summed E-state index contributed by atoms with van der Waals surface area (Å²) >= 11 is 2.42. The number of benzene rings is 1. The van der Waals surface area contributed by atoms with Gasteiger partial charge in [0.25, 0.3) is 17.7 Å². The molecule has 0 bridgehead atoms. The molecule has 1 aromatic carbocycles. The lowest BCUT2D eigenvalue weighted by Gasteiger charge is -2.49. The number of thioether (sulfide) groups is 1. The number of nitrogen functional groups attached to an aromatic ring is 1. The van der Waals surface area contributed by atoms with Gasteiger partial charge in [0.15, 0.2) is 23.2 Å². The lowest BCUT2D eigenvalue weighted by Crippen LogP contribution is -2.71. The lowest BCUT2D eigenvalue weighted by atomic mass is 10.0. The summed E-state index contributed by atoms with van der Waals surface area (Å²) in [7, 11) is 0. The van der Waals surface area contributed by atoms with Crippen molar-refractivity contribution < 1.29 is 43.6 Å². The van der Waals surface area contributed by atoms with Crippen LogP contribution in [0.4, 0.5) is 10.8 Å². The van der Waals surface area contributed by atoms with E-state index in [0.717, 1.165) is 47.5 Å². The van der Waals surface area contributed by atoms with E-state index in [-0.39, 0.29) is 64.7 Å². The molecule has 6 N–H and O–H groups in total. The molecular weight excluding hydrogens is 737 g/mol. The van der Waals surface area contributed by atoms with Crippen molar-refractivity contribution in [3.05, 3.63) is 88.3 Å². The molecule has 3 fully saturated rings. The highest BCUT2D eigenvalue weighted by Gasteiger charge is 2.54. The smallest absolute Gasteiger partial charge is 0.352 e. The first-order chi connectivity index (χ1) is 26.0. The van der Waals surface area contributed by atoms with Gasteiger partial charge in [0, 0.05) is 46.6 Å². The van der Waals surface area contributed by atoms with Crippen molar-refractivity contribution in [2.45, 2.75) is 62.7 Å². The van der Waals surface area contributed by atoms with Crippen molar-refractivity contribution >= 4 is 69.2 Å². The number of nitrogens with one attached hydrogen (secondary N) is 2. The predicted octanol–water partition coefficient (Wildman–Crippen LogP) is 2.12. The molecule has 0 spiro atoms. The number of phenolic OH excluding ortho intramolecular Hbond substituents is 1. The van der Waals surface area contributed by atoms with E-state index >= 15 is 0 Å². The van der Waals surface area contributed by atoms with Crippen molar-refractivity contribution in [1.82, 2.24) is 20.1 Å². The molecule has 18 heteroatoms. The summed E-state index contributed by atoms with van der Waals surface area (Å²) in [6, 6.07) is 8.85. The van der Waals surface area contributed by atoms with E-state index in [1.54, 1.807) is 51.5 Å². The minimum atomic E-state index is -1.32. The molecule has 2 atom stereocenters. The maximum Gasteiger partial charge on any atom is 0.352 e. The first-order valence-corrected chi connectivity index (χ1v) is 19.2. The minimum absolute atomic E-state index is 0.0116. The van der Waals surface area contributed by atoms with Gasteiger partial charge in [-0.2, -0.15) is 4.57 Å². The molecule has 54 heavy (non-hydrogen) atoms. The molecule has 1 saturated carbocycles. The Bertz CT molecular complexity index is 2110. The predicted molar refractivity (Wildman–Crippen MR) is 198 cm³/mol. The summed E-state index contributed by atoms with van der Waals surface area (Å²) in [5, 5.41) is 30.5. The zero-order valence-electron chi connectivity index (χ0n) is 28.8. The second-order valence-electron chi connectivity index (χ2n) is 13.2.